The number of fused-ring (bicyclic) bond motifs is 1. The summed E-state index contributed by atoms with van der Waals surface area (Å²) in [6, 6.07) is 7.01. The lowest BCUT2D eigenvalue weighted by Gasteiger charge is -2.08. The lowest BCUT2D eigenvalue weighted by atomic mass is 10.1. The first-order valence-corrected chi connectivity index (χ1v) is 8.31. The highest BCUT2D eigenvalue weighted by atomic mass is 32.1. The molecule has 0 atom stereocenters. The van der Waals surface area contributed by atoms with E-state index in [0.29, 0.717) is 13.0 Å². The molecular formula is C17H16F3NOS. The molecule has 2 aromatic rings. The van der Waals surface area contributed by atoms with Gasteiger partial charge in [-0.1, -0.05) is 12.1 Å². The molecular weight excluding hydrogens is 323 g/mol. The molecule has 23 heavy (non-hydrogen) atoms. The van der Waals surface area contributed by atoms with E-state index in [1.165, 1.54) is 22.6 Å². The van der Waals surface area contributed by atoms with Crippen LogP contribution in [0.5, 0.6) is 0 Å². The summed E-state index contributed by atoms with van der Waals surface area (Å²) in [5, 5.41) is 2.83. The number of hydrogen-bond donors (Lipinski definition) is 1. The van der Waals surface area contributed by atoms with Crippen LogP contribution in [0, 0.1) is 0 Å². The van der Waals surface area contributed by atoms with E-state index in [1.54, 1.807) is 11.3 Å². The van der Waals surface area contributed by atoms with E-state index in [-0.39, 0.29) is 5.91 Å². The molecule has 1 aromatic heterocycles. The minimum Gasteiger partial charge on any atom is -0.351 e. The normalized spacial score (nSPS) is 13.9. The molecule has 0 fully saturated rings. The van der Waals surface area contributed by atoms with Crippen molar-refractivity contribution in [2.45, 2.75) is 31.9 Å². The molecule has 0 saturated carbocycles. The second-order valence-corrected chi connectivity index (χ2v) is 6.75. The summed E-state index contributed by atoms with van der Waals surface area (Å²) < 4.78 is 37.4. The van der Waals surface area contributed by atoms with E-state index in [1.807, 2.05) is 6.07 Å². The summed E-state index contributed by atoms with van der Waals surface area (Å²) >= 11 is 1.54. The number of alkyl halides is 3. The standard InChI is InChI=1S/C17H16F3NOS/c18-17(19,20)13-6-4-11(5-7-13)8-9-21-16(22)15-10-12-2-1-3-14(12)23-15/h4-7,10H,1-3,8-9H2,(H,21,22). The summed E-state index contributed by atoms with van der Waals surface area (Å²) in [5.41, 5.74) is 1.40. The van der Waals surface area contributed by atoms with Crippen molar-refractivity contribution in [3.63, 3.8) is 0 Å². The Bertz CT molecular complexity index is 682. The van der Waals surface area contributed by atoms with Gasteiger partial charge in [0.1, 0.15) is 0 Å². The van der Waals surface area contributed by atoms with Gasteiger partial charge in [0, 0.05) is 11.4 Å². The van der Waals surface area contributed by atoms with Crippen molar-refractivity contribution in [2.75, 3.05) is 6.54 Å². The van der Waals surface area contributed by atoms with Crippen molar-refractivity contribution in [3.05, 3.63) is 56.8 Å². The Labute approximate surface area is 136 Å². The molecule has 1 heterocycles. The van der Waals surface area contributed by atoms with Gasteiger partial charge < -0.3 is 5.32 Å². The van der Waals surface area contributed by atoms with Gasteiger partial charge in [-0.15, -0.1) is 11.3 Å². The lowest BCUT2D eigenvalue weighted by Crippen LogP contribution is -2.24. The summed E-state index contributed by atoms with van der Waals surface area (Å²) in [5.74, 6) is -0.101. The van der Waals surface area contributed by atoms with Crippen LogP contribution in [0.25, 0.3) is 0 Å². The van der Waals surface area contributed by atoms with Crippen LogP contribution >= 0.6 is 11.3 Å². The first-order valence-electron chi connectivity index (χ1n) is 7.49. The minimum absolute atomic E-state index is 0.101. The Morgan fingerprint density at radius 2 is 1.91 bits per heavy atom. The number of rotatable bonds is 4. The molecule has 0 unspecified atom stereocenters. The van der Waals surface area contributed by atoms with Crippen molar-refractivity contribution >= 4 is 17.2 Å². The highest BCUT2D eigenvalue weighted by Gasteiger charge is 2.29. The summed E-state index contributed by atoms with van der Waals surface area (Å²) in [6.07, 6.45) is -0.540. The molecule has 0 aliphatic heterocycles. The first-order chi connectivity index (χ1) is 10.9. The highest BCUT2D eigenvalue weighted by Crippen LogP contribution is 2.30. The zero-order valence-electron chi connectivity index (χ0n) is 12.4. The van der Waals surface area contributed by atoms with Gasteiger partial charge in [0.25, 0.3) is 5.91 Å². The van der Waals surface area contributed by atoms with Gasteiger partial charge in [-0.2, -0.15) is 13.2 Å². The molecule has 0 spiro atoms. The summed E-state index contributed by atoms with van der Waals surface area (Å²) in [4.78, 5) is 14.1. The fourth-order valence-electron chi connectivity index (χ4n) is 2.71. The largest absolute Gasteiger partial charge is 0.416 e. The predicted octanol–water partition coefficient (Wildman–Crippen LogP) is 4.23. The second-order valence-electron chi connectivity index (χ2n) is 5.61. The van der Waals surface area contributed by atoms with Crippen LogP contribution in [-0.2, 0) is 25.4 Å². The van der Waals surface area contributed by atoms with Gasteiger partial charge in [-0.05, 0) is 55.0 Å². The third-order valence-electron chi connectivity index (χ3n) is 3.95. The maximum atomic E-state index is 12.5. The fraction of sp³-hybridized carbons (Fsp3) is 0.353. The molecule has 1 aromatic carbocycles. The molecule has 1 aliphatic carbocycles. The Balaban J connectivity index is 1.51. The molecule has 6 heteroatoms. The maximum absolute atomic E-state index is 12.5. The van der Waals surface area contributed by atoms with Gasteiger partial charge in [-0.25, -0.2) is 0 Å². The van der Waals surface area contributed by atoms with Crippen molar-refractivity contribution in [2.24, 2.45) is 0 Å². The monoisotopic (exact) mass is 339 g/mol. The number of carbonyl (C=O) groups is 1. The summed E-state index contributed by atoms with van der Waals surface area (Å²) in [7, 11) is 0. The second kappa shape index (κ2) is 6.35. The van der Waals surface area contributed by atoms with E-state index < -0.39 is 11.7 Å². The van der Waals surface area contributed by atoms with Crippen LogP contribution < -0.4 is 5.32 Å². The SMILES string of the molecule is O=C(NCCc1ccc(C(F)(F)F)cc1)c1cc2c(s1)CCC2. The van der Waals surface area contributed by atoms with Crippen LogP contribution in [0.2, 0.25) is 0 Å². The fourth-order valence-corrected chi connectivity index (χ4v) is 3.88. The average Bonchev–Trinajstić information content (AvgIpc) is 3.08. The van der Waals surface area contributed by atoms with Gasteiger partial charge in [0.15, 0.2) is 0 Å². The van der Waals surface area contributed by atoms with E-state index in [9.17, 15) is 18.0 Å². The molecule has 2 nitrogen and oxygen atoms in total. The molecule has 0 radical (unpaired) electrons. The van der Waals surface area contributed by atoms with E-state index in [4.69, 9.17) is 0 Å². The smallest absolute Gasteiger partial charge is 0.351 e. The predicted molar refractivity (Wildman–Crippen MR) is 83.8 cm³/mol. The highest BCUT2D eigenvalue weighted by molar-refractivity contribution is 7.14. The third-order valence-corrected chi connectivity index (χ3v) is 5.19. The Hall–Kier alpha value is -1.82. The number of halogens is 3. The zero-order valence-corrected chi connectivity index (χ0v) is 13.2. The number of carbonyl (C=O) groups excluding carboxylic acids is 1. The van der Waals surface area contributed by atoms with Crippen molar-refractivity contribution in [3.8, 4) is 0 Å². The average molecular weight is 339 g/mol. The molecule has 122 valence electrons. The van der Waals surface area contributed by atoms with Crippen LogP contribution in [0.1, 0.15) is 37.7 Å². The first kappa shape index (κ1) is 16.1. The summed E-state index contributed by atoms with van der Waals surface area (Å²) in [6.45, 7) is 0.409. The third kappa shape index (κ3) is 3.75. The molecule has 0 saturated heterocycles. The minimum atomic E-state index is -4.31. The lowest BCUT2D eigenvalue weighted by molar-refractivity contribution is -0.137. The topological polar surface area (TPSA) is 29.1 Å². The number of amides is 1. The number of benzene rings is 1. The number of aryl methyl sites for hydroxylation is 2. The van der Waals surface area contributed by atoms with Gasteiger partial charge >= 0.3 is 6.18 Å². The van der Waals surface area contributed by atoms with Crippen molar-refractivity contribution < 1.29 is 18.0 Å². The van der Waals surface area contributed by atoms with Crippen LogP contribution in [-0.4, -0.2) is 12.5 Å². The van der Waals surface area contributed by atoms with E-state index in [0.717, 1.165) is 41.8 Å². The van der Waals surface area contributed by atoms with E-state index in [2.05, 4.69) is 5.32 Å². The molecule has 3 rings (SSSR count). The maximum Gasteiger partial charge on any atom is 0.416 e. The molecule has 0 bridgehead atoms. The Morgan fingerprint density at radius 3 is 2.57 bits per heavy atom. The Morgan fingerprint density at radius 1 is 1.17 bits per heavy atom. The van der Waals surface area contributed by atoms with Gasteiger partial charge in [0.2, 0.25) is 0 Å². The van der Waals surface area contributed by atoms with Crippen molar-refractivity contribution in [1.29, 1.82) is 0 Å². The van der Waals surface area contributed by atoms with Crippen molar-refractivity contribution in [1.82, 2.24) is 5.32 Å². The molecule has 1 N–H and O–H groups in total. The molecule has 1 amide bonds. The quantitative estimate of drug-likeness (QED) is 0.887. The Kier molecular flexibility index (Phi) is 4.43. The zero-order chi connectivity index (χ0) is 16.4. The van der Waals surface area contributed by atoms with Crippen LogP contribution in [0.4, 0.5) is 13.2 Å². The number of thiophene rings is 1. The number of nitrogens with one attached hydrogen (secondary N) is 1. The van der Waals surface area contributed by atoms with Crippen LogP contribution in [0.15, 0.2) is 30.3 Å². The molecule has 1 aliphatic rings. The van der Waals surface area contributed by atoms with E-state index >= 15 is 0 Å². The van der Waals surface area contributed by atoms with Gasteiger partial charge in [0.05, 0.1) is 10.4 Å². The van der Waals surface area contributed by atoms with Gasteiger partial charge in [-0.3, -0.25) is 4.79 Å². The number of hydrogen-bond acceptors (Lipinski definition) is 2. The van der Waals surface area contributed by atoms with Crippen LogP contribution in [0.3, 0.4) is 0 Å².